The van der Waals surface area contributed by atoms with E-state index >= 15 is 0 Å². The van der Waals surface area contributed by atoms with Crippen molar-refractivity contribution in [3.05, 3.63) is 35.4 Å². The summed E-state index contributed by atoms with van der Waals surface area (Å²) in [5, 5.41) is 8.69. The van der Waals surface area contributed by atoms with E-state index in [0.29, 0.717) is 0 Å². The first-order chi connectivity index (χ1) is 5.72. The van der Waals surface area contributed by atoms with Gasteiger partial charge in [-0.15, -0.1) is 0 Å². The molecule has 1 aromatic carbocycles. The van der Waals surface area contributed by atoms with E-state index < -0.39 is 10.7 Å². The fourth-order valence-corrected chi connectivity index (χ4v) is 1.41. The predicted octanol–water partition coefficient (Wildman–Crippen LogP) is 0.290. The Bertz CT molecular complexity index is 306. The van der Waals surface area contributed by atoms with E-state index in [1.54, 1.807) is 24.3 Å². The first kappa shape index (κ1) is 9.22. The molecule has 1 rings (SSSR count). The third kappa shape index (κ3) is 2.64. The maximum Gasteiger partial charge on any atom is 0.144 e. The molecule has 4 heteroatoms. The lowest BCUT2D eigenvalue weighted by Crippen LogP contribution is -1.88. The van der Waals surface area contributed by atoms with E-state index in [2.05, 4.69) is 0 Å². The van der Waals surface area contributed by atoms with Crippen LogP contribution in [0.5, 0.6) is 0 Å². The van der Waals surface area contributed by atoms with Crippen LogP contribution >= 0.6 is 0 Å². The van der Waals surface area contributed by atoms with E-state index in [1.807, 2.05) is 0 Å². The lowest BCUT2D eigenvalue weighted by atomic mass is 10.2. The van der Waals surface area contributed by atoms with E-state index in [1.165, 1.54) is 0 Å². The first-order valence-electron chi connectivity index (χ1n) is 3.53. The first-order valence-corrected chi connectivity index (χ1v) is 4.89. The average Bonchev–Trinajstić information content (AvgIpc) is 2.05. The molecule has 0 aliphatic carbocycles. The highest BCUT2D eigenvalue weighted by molar-refractivity contribution is 7.71. The van der Waals surface area contributed by atoms with Gasteiger partial charge in [0.15, 0.2) is 0 Å². The summed E-state index contributed by atoms with van der Waals surface area (Å²) < 4.78 is 20.6. The Morgan fingerprint density at radius 3 is 2.00 bits per heavy atom. The van der Waals surface area contributed by atoms with Gasteiger partial charge in [-0.2, -0.15) is 0 Å². The minimum absolute atomic E-state index is 0.0101. The lowest BCUT2D eigenvalue weighted by molar-refractivity contribution is 0.282. The Morgan fingerprint density at radius 1 is 1.08 bits per heavy atom. The summed E-state index contributed by atoms with van der Waals surface area (Å²) >= 11 is 0. The smallest absolute Gasteiger partial charge is 0.144 e. The van der Waals surface area contributed by atoms with Crippen LogP contribution in [0, 0.1) is 0 Å². The molecule has 1 N–H and O–H groups in total. The maximum absolute atomic E-state index is 10.3. The number of rotatable bonds is 3. The van der Waals surface area contributed by atoms with Crippen molar-refractivity contribution in [2.45, 2.75) is 12.4 Å². The van der Waals surface area contributed by atoms with E-state index in [4.69, 9.17) is 5.11 Å². The molecule has 1 aromatic rings. The molecule has 0 aliphatic rings. The Kier molecular flexibility index (Phi) is 3.25. The van der Waals surface area contributed by atoms with Crippen molar-refractivity contribution < 1.29 is 13.5 Å². The molecule has 0 fully saturated rings. The van der Waals surface area contributed by atoms with Crippen LogP contribution < -0.4 is 0 Å². The highest BCUT2D eigenvalue weighted by Gasteiger charge is 1.94. The normalized spacial score (nSPS) is 10.5. The number of thiol groups is 1. The second-order valence-corrected chi connectivity index (χ2v) is 3.45. The number of aliphatic hydroxyl groups is 1. The lowest BCUT2D eigenvalue weighted by Gasteiger charge is -1.96. The van der Waals surface area contributed by atoms with Gasteiger partial charge in [0.1, 0.15) is 10.7 Å². The highest BCUT2D eigenvalue weighted by Crippen LogP contribution is 2.04. The van der Waals surface area contributed by atoms with Crippen molar-refractivity contribution in [2.75, 3.05) is 0 Å². The third-order valence-electron chi connectivity index (χ3n) is 1.52. The summed E-state index contributed by atoms with van der Waals surface area (Å²) in [6.45, 7) is -0.0101. The Hall–Kier alpha value is -0.870. The fourth-order valence-electron chi connectivity index (χ4n) is 0.899. The second-order valence-electron chi connectivity index (χ2n) is 2.47. The molecule has 0 saturated heterocycles. The molecule has 0 aromatic heterocycles. The topological polar surface area (TPSA) is 54.4 Å². The quantitative estimate of drug-likeness (QED) is 0.667. The summed E-state index contributed by atoms with van der Waals surface area (Å²) in [6.07, 6.45) is 0. The van der Waals surface area contributed by atoms with Gasteiger partial charge >= 0.3 is 0 Å². The zero-order chi connectivity index (χ0) is 8.97. The van der Waals surface area contributed by atoms with Gasteiger partial charge in [0.25, 0.3) is 0 Å². The number of hydrogen-bond acceptors (Lipinski definition) is 3. The fraction of sp³-hybridized carbons (Fsp3) is 0.250. The summed E-state index contributed by atoms with van der Waals surface area (Å²) in [6, 6.07) is 6.84. The summed E-state index contributed by atoms with van der Waals surface area (Å²) in [4.78, 5) is 0. The van der Waals surface area contributed by atoms with Crippen LogP contribution in [0.1, 0.15) is 11.1 Å². The molecule has 0 spiro atoms. The maximum atomic E-state index is 10.3. The number of benzene rings is 1. The second kappa shape index (κ2) is 4.23. The highest BCUT2D eigenvalue weighted by atomic mass is 32.2. The SMILES string of the molecule is O=[SH](=O)Cc1ccc(CO)cc1. The molecule has 0 bridgehead atoms. The molecule has 0 atom stereocenters. The van der Waals surface area contributed by atoms with Gasteiger partial charge in [-0.05, 0) is 11.1 Å². The average molecular weight is 186 g/mol. The summed E-state index contributed by atoms with van der Waals surface area (Å²) in [7, 11) is -2.35. The summed E-state index contributed by atoms with van der Waals surface area (Å²) in [5.41, 5.74) is 1.54. The van der Waals surface area contributed by atoms with Crippen LogP contribution in [0.4, 0.5) is 0 Å². The van der Waals surface area contributed by atoms with Crippen LogP contribution in [0.3, 0.4) is 0 Å². The number of aliphatic hydroxyl groups excluding tert-OH is 1. The van der Waals surface area contributed by atoms with Gasteiger partial charge in [0, 0.05) is 0 Å². The van der Waals surface area contributed by atoms with Crippen LogP contribution in [0.15, 0.2) is 24.3 Å². The van der Waals surface area contributed by atoms with Crippen molar-refractivity contribution in [1.29, 1.82) is 0 Å². The van der Waals surface area contributed by atoms with Gasteiger partial charge < -0.3 is 5.11 Å². The Labute approximate surface area is 72.6 Å². The van der Waals surface area contributed by atoms with Crippen molar-refractivity contribution in [1.82, 2.24) is 0 Å². The van der Waals surface area contributed by atoms with Crippen molar-refractivity contribution in [3.8, 4) is 0 Å². The van der Waals surface area contributed by atoms with Crippen molar-refractivity contribution in [3.63, 3.8) is 0 Å². The van der Waals surface area contributed by atoms with E-state index in [-0.39, 0.29) is 12.4 Å². The minimum Gasteiger partial charge on any atom is -0.392 e. The molecule has 0 unspecified atom stereocenters. The van der Waals surface area contributed by atoms with Gasteiger partial charge in [0.2, 0.25) is 0 Å². The van der Waals surface area contributed by atoms with Gasteiger partial charge in [-0.25, -0.2) is 8.42 Å². The standard InChI is InChI=1S/C8H10O3S/c9-5-7-1-3-8(4-2-7)6-12(10)11/h1-4,9,12H,5-6H2. The van der Waals surface area contributed by atoms with Crippen LogP contribution in [-0.4, -0.2) is 13.5 Å². The Morgan fingerprint density at radius 2 is 1.58 bits per heavy atom. The van der Waals surface area contributed by atoms with Gasteiger partial charge in [-0.3, -0.25) is 0 Å². The van der Waals surface area contributed by atoms with Crippen LogP contribution in [0.25, 0.3) is 0 Å². The molecule has 0 saturated carbocycles. The predicted molar refractivity (Wildman–Crippen MR) is 46.4 cm³/mol. The molecule has 0 amide bonds. The van der Waals surface area contributed by atoms with Crippen molar-refractivity contribution >= 4 is 10.7 Å². The van der Waals surface area contributed by atoms with Crippen molar-refractivity contribution in [2.24, 2.45) is 0 Å². The molecule has 0 aliphatic heterocycles. The molecule has 3 nitrogen and oxygen atoms in total. The molecule has 66 valence electrons. The monoisotopic (exact) mass is 186 g/mol. The van der Waals surface area contributed by atoms with Crippen LogP contribution in [-0.2, 0) is 23.1 Å². The zero-order valence-corrected chi connectivity index (χ0v) is 7.33. The zero-order valence-electron chi connectivity index (χ0n) is 6.43. The third-order valence-corrected chi connectivity index (χ3v) is 2.14. The molecular formula is C8H10O3S. The largest absolute Gasteiger partial charge is 0.392 e. The molecule has 12 heavy (non-hydrogen) atoms. The van der Waals surface area contributed by atoms with E-state index in [0.717, 1.165) is 11.1 Å². The van der Waals surface area contributed by atoms with Gasteiger partial charge in [-0.1, -0.05) is 24.3 Å². The van der Waals surface area contributed by atoms with E-state index in [9.17, 15) is 8.42 Å². The minimum atomic E-state index is -2.35. The summed E-state index contributed by atoms with van der Waals surface area (Å²) in [5.74, 6) is 0.0705. The van der Waals surface area contributed by atoms with Crippen LogP contribution in [0.2, 0.25) is 0 Å². The number of hydrogen-bond donors (Lipinski definition) is 2. The molecule has 0 radical (unpaired) electrons. The Balaban J connectivity index is 2.77. The molecule has 0 heterocycles. The van der Waals surface area contributed by atoms with Gasteiger partial charge in [0.05, 0.1) is 12.4 Å². The molecular weight excluding hydrogens is 176 g/mol.